The predicted octanol–water partition coefficient (Wildman–Crippen LogP) is 6.24. The van der Waals surface area contributed by atoms with Gasteiger partial charge in [-0.1, -0.05) is 61.7 Å². The molecule has 0 unspecified atom stereocenters. The van der Waals surface area contributed by atoms with Crippen LogP contribution in [0.4, 0.5) is 0 Å². The van der Waals surface area contributed by atoms with Gasteiger partial charge in [-0.3, -0.25) is 4.79 Å². The van der Waals surface area contributed by atoms with Crippen molar-refractivity contribution in [2.24, 2.45) is 5.92 Å². The predicted molar refractivity (Wildman–Crippen MR) is 123 cm³/mol. The second-order valence-corrected chi connectivity index (χ2v) is 8.28. The van der Waals surface area contributed by atoms with Crippen molar-refractivity contribution in [2.75, 3.05) is 0 Å². The molecule has 1 fully saturated rings. The lowest BCUT2D eigenvalue weighted by atomic mass is 9.89. The minimum absolute atomic E-state index is 0.0449. The number of para-hydroxylation sites is 2. The van der Waals surface area contributed by atoms with E-state index in [4.69, 9.17) is 9.72 Å². The Labute approximate surface area is 182 Å². The standard InChI is InChI=1S/C27H26N2O2/c30-27(22-11-5-2-6-12-22)31-23-17-15-21(16-18-23)26-28-24-13-7-8-14-25(24)29(26)19-20-9-3-1-4-10-20/h1,3-4,7-10,13-18,22H,2,5-6,11-12,19H2. The van der Waals surface area contributed by atoms with E-state index >= 15 is 0 Å². The Morgan fingerprint density at radius 2 is 1.58 bits per heavy atom. The second kappa shape index (κ2) is 8.76. The summed E-state index contributed by atoms with van der Waals surface area (Å²) in [7, 11) is 0. The van der Waals surface area contributed by atoms with Crippen molar-refractivity contribution in [1.82, 2.24) is 9.55 Å². The molecule has 1 saturated carbocycles. The number of rotatable bonds is 5. The summed E-state index contributed by atoms with van der Waals surface area (Å²) in [5.74, 6) is 1.47. The third-order valence-corrected chi connectivity index (χ3v) is 6.11. The van der Waals surface area contributed by atoms with Crippen molar-refractivity contribution in [3.05, 3.63) is 84.4 Å². The first-order valence-corrected chi connectivity index (χ1v) is 11.1. The lowest BCUT2D eigenvalue weighted by Crippen LogP contribution is -2.22. The Balaban J connectivity index is 1.42. The first-order chi connectivity index (χ1) is 15.3. The summed E-state index contributed by atoms with van der Waals surface area (Å²) in [4.78, 5) is 17.4. The van der Waals surface area contributed by atoms with Gasteiger partial charge in [0.15, 0.2) is 0 Å². The molecule has 4 aromatic rings. The molecule has 1 heterocycles. The number of carbonyl (C=O) groups excluding carboxylic acids is 1. The van der Waals surface area contributed by atoms with Crippen LogP contribution >= 0.6 is 0 Å². The van der Waals surface area contributed by atoms with Crippen LogP contribution in [0.25, 0.3) is 22.4 Å². The smallest absolute Gasteiger partial charge is 0.314 e. The molecule has 1 aliphatic rings. The van der Waals surface area contributed by atoms with E-state index in [-0.39, 0.29) is 11.9 Å². The van der Waals surface area contributed by atoms with Gasteiger partial charge in [0.25, 0.3) is 0 Å². The van der Waals surface area contributed by atoms with Gasteiger partial charge < -0.3 is 9.30 Å². The molecule has 1 aromatic heterocycles. The number of fused-ring (bicyclic) bond motifs is 1. The highest BCUT2D eigenvalue weighted by Crippen LogP contribution is 2.29. The Morgan fingerprint density at radius 1 is 0.871 bits per heavy atom. The van der Waals surface area contributed by atoms with Crippen LogP contribution in [-0.4, -0.2) is 15.5 Å². The Bertz CT molecular complexity index is 1170. The second-order valence-electron chi connectivity index (χ2n) is 8.28. The molecule has 31 heavy (non-hydrogen) atoms. The highest BCUT2D eigenvalue weighted by atomic mass is 16.5. The first-order valence-electron chi connectivity index (χ1n) is 11.1. The lowest BCUT2D eigenvalue weighted by Gasteiger charge is -2.19. The maximum absolute atomic E-state index is 12.5. The van der Waals surface area contributed by atoms with Gasteiger partial charge in [0.05, 0.1) is 17.0 Å². The fourth-order valence-electron chi connectivity index (χ4n) is 4.43. The van der Waals surface area contributed by atoms with E-state index in [1.165, 1.54) is 12.0 Å². The molecular weight excluding hydrogens is 384 g/mol. The van der Waals surface area contributed by atoms with Gasteiger partial charge in [-0.25, -0.2) is 4.98 Å². The van der Waals surface area contributed by atoms with Crippen molar-refractivity contribution in [2.45, 2.75) is 38.6 Å². The molecule has 3 aromatic carbocycles. The summed E-state index contributed by atoms with van der Waals surface area (Å²) in [6, 6.07) is 26.4. The molecule has 0 N–H and O–H groups in total. The average molecular weight is 411 g/mol. The van der Waals surface area contributed by atoms with E-state index in [2.05, 4.69) is 34.9 Å². The summed E-state index contributed by atoms with van der Waals surface area (Å²) in [6.07, 6.45) is 5.36. The van der Waals surface area contributed by atoms with Gasteiger partial charge in [0.1, 0.15) is 11.6 Å². The summed E-state index contributed by atoms with van der Waals surface area (Å²) in [6.45, 7) is 0.745. The fourth-order valence-corrected chi connectivity index (χ4v) is 4.43. The molecule has 0 atom stereocenters. The number of hydrogen-bond donors (Lipinski definition) is 0. The van der Waals surface area contributed by atoms with E-state index in [0.717, 1.165) is 54.6 Å². The molecule has 0 aliphatic heterocycles. The summed E-state index contributed by atoms with van der Waals surface area (Å²) in [5.41, 5.74) is 4.31. The van der Waals surface area contributed by atoms with E-state index in [9.17, 15) is 4.79 Å². The van der Waals surface area contributed by atoms with Crippen LogP contribution in [-0.2, 0) is 11.3 Å². The molecule has 0 saturated heterocycles. The maximum Gasteiger partial charge on any atom is 0.314 e. The highest BCUT2D eigenvalue weighted by molar-refractivity contribution is 5.81. The Morgan fingerprint density at radius 3 is 2.35 bits per heavy atom. The van der Waals surface area contributed by atoms with Gasteiger partial charge >= 0.3 is 5.97 Å². The Kier molecular flexibility index (Phi) is 5.53. The highest BCUT2D eigenvalue weighted by Gasteiger charge is 2.23. The largest absolute Gasteiger partial charge is 0.426 e. The van der Waals surface area contributed by atoms with Gasteiger partial charge in [-0.15, -0.1) is 0 Å². The monoisotopic (exact) mass is 410 g/mol. The van der Waals surface area contributed by atoms with Gasteiger partial charge in [0.2, 0.25) is 0 Å². The quantitative estimate of drug-likeness (QED) is 0.289. The van der Waals surface area contributed by atoms with Crippen molar-refractivity contribution >= 4 is 17.0 Å². The first kappa shape index (κ1) is 19.6. The zero-order chi connectivity index (χ0) is 21.0. The van der Waals surface area contributed by atoms with Crippen LogP contribution in [0.5, 0.6) is 5.75 Å². The summed E-state index contributed by atoms with van der Waals surface area (Å²) >= 11 is 0. The fraction of sp³-hybridized carbons (Fsp3) is 0.259. The Hall–Kier alpha value is -3.40. The number of nitrogens with zero attached hydrogens (tertiary/aromatic N) is 2. The van der Waals surface area contributed by atoms with Crippen LogP contribution in [0.2, 0.25) is 0 Å². The van der Waals surface area contributed by atoms with E-state index in [1.807, 2.05) is 48.5 Å². The molecular formula is C27H26N2O2. The third-order valence-electron chi connectivity index (χ3n) is 6.11. The zero-order valence-electron chi connectivity index (χ0n) is 17.5. The van der Waals surface area contributed by atoms with Crippen molar-refractivity contribution in [1.29, 1.82) is 0 Å². The lowest BCUT2D eigenvalue weighted by molar-refractivity contribution is -0.139. The van der Waals surface area contributed by atoms with E-state index in [0.29, 0.717) is 5.75 Å². The van der Waals surface area contributed by atoms with Crippen LogP contribution in [0.1, 0.15) is 37.7 Å². The SMILES string of the molecule is O=C(Oc1ccc(-c2nc3ccccc3n2Cc2ccccc2)cc1)C1CCCCC1. The van der Waals surface area contributed by atoms with Crippen molar-refractivity contribution in [3.63, 3.8) is 0 Å². The number of ether oxygens (including phenoxy) is 1. The number of benzene rings is 3. The minimum Gasteiger partial charge on any atom is -0.426 e. The van der Waals surface area contributed by atoms with Gasteiger partial charge in [-0.05, 0) is 54.8 Å². The molecule has 156 valence electrons. The molecule has 1 aliphatic carbocycles. The molecule has 4 nitrogen and oxygen atoms in total. The number of hydrogen-bond acceptors (Lipinski definition) is 3. The van der Waals surface area contributed by atoms with Crippen LogP contribution in [0.15, 0.2) is 78.9 Å². The number of esters is 1. The normalized spacial score (nSPS) is 14.6. The topological polar surface area (TPSA) is 44.1 Å². The van der Waals surface area contributed by atoms with Crippen molar-refractivity contribution < 1.29 is 9.53 Å². The number of carbonyl (C=O) groups is 1. The minimum atomic E-state index is -0.0937. The molecule has 5 rings (SSSR count). The van der Waals surface area contributed by atoms with E-state index in [1.54, 1.807) is 0 Å². The molecule has 0 spiro atoms. The summed E-state index contributed by atoms with van der Waals surface area (Å²) in [5, 5.41) is 0. The van der Waals surface area contributed by atoms with Gasteiger partial charge in [-0.2, -0.15) is 0 Å². The van der Waals surface area contributed by atoms with Crippen molar-refractivity contribution in [3.8, 4) is 17.1 Å². The number of aromatic nitrogens is 2. The molecule has 4 heteroatoms. The molecule has 0 amide bonds. The molecule has 0 bridgehead atoms. The summed E-state index contributed by atoms with van der Waals surface area (Å²) < 4.78 is 7.91. The van der Waals surface area contributed by atoms with Gasteiger partial charge in [0, 0.05) is 12.1 Å². The van der Waals surface area contributed by atoms with Crippen LogP contribution in [0, 0.1) is 5.92 Å². The van der Waals surface area contributed by atoms with Crippen LogP contribution < -0.4 is 4.74 Å². The molecule has 0 radical (unpaired) electrons. The maximum atomic E-state index is 12.5. The number of imidazole rings is 1. The third kappa shape index (κ3) is 4.24. The van der Waals surface area contributed by atoms with E-state index < -0.39 is 0 Å². The van der Waals surface area contributed by atoms with Crippen LogP contribution in [0.3, 0.4) is 0 Å². The average Bonchev–Trinajstić information content (AvgIpc) is 3.19. The zero-order valence-corrected chi connectivity index (χ0v) is 17.5.